The van der Waals surface area contributed by atoms with Crippen LogP contribution in [0.1, 0.15) is 69.5 Å². The molecular weight excluding hydrogens is 490 g/mol. The van der Waals surface area contributed by atoms with Gasteiger partial charge in [0, 0.05) is 34.7 Å². The summed E-state index contributed by atoms with van der Waals surface area (Å²) in [6.45, 7) is 2.57. The number of methoxy groups -OCH3 is 1. The average Bonchev–Trinajstić information content (AvgIpc) is 3.83. The van der Waals surface area contributed by atoms with Gasteiger partial charge in [-0.25, -0.2) is 9.97 Å². The highest BCUT2D eigenvalue weighted by molar-refractivity contribution is 7.12. The molecule has 0 aromatic carbocycles. The lowest BCUT2D eigenvalue weighted by molar-refractivity contribution is -0.119. The maximum atomic E-state index is 13.4. The van der Waals surface area contributed by atoms with Crippen molar-refractivity contribution in [3.63, 3.8) is 0 Å². The monoisotopic (exact) mass is 521 g/mol. The quantitative estimate of drug-likeness (QED) is 0.415. The molecule has 37 heavy (non-hydrogen) atoms. The van der Waals surface area contributed by atoms with Crippen molar-refractivity contribution in [3.8, 4) is 5.88 Å². The minimum atomic E-state index is -0.0325. The molecule has 2 fully saturated rings. The zero-order valence-electron chi connectivity index (χ0n) is 21.1. The summed E-state index contributed by atoms with van der Waals surface area (Å²) in [5, 5.41) is 14.9. The van der Waals surface area contributed by atoms with Gasteiger partial charge >= 0.3 is 0 Å². The van der Waals surface area contributed by atoms with E-state index in [-0.39, 0.29) is 23.7 Å². The van der Waals surface area contributed by atoms with E-state index < -0.39 is 0 Å². The predicted octanol–water partition coefficient (Wildman–Crippen LogP) is 3.58. The predicted molar refractivity (Wildman–Crippen MR) is 138 cm³/mol. The van der Waals surface area contributed by atoms with Gasteiger partial charge in [0.25, 0.3) is 5.91 Å². The SMILES string of the molecule is COc1cnc(Nc2nncn2[C@H]2CCc3sc(CC(=O)C4CC4)c(C(=O)NCC4CC4)c3C2)c(C)n1. The number of fused-ring (bicyclic) bond motifs is 1. The lowest BCUT2D eigenvalue weighted by Gasteiger charge is -2.25. The van der Waals surface area contributed by atoms with Crippen LogP contribution in [0.2, 0.25) is 0 Å². The fraction of sp³-hybridized carbons (Fsp3) is 0.538. The summed E-state index contributed by atoms with van der Waals surface area (Å²) < 4.78 is 7.18. The lowest BCUT2D eigenvalue weighted by atomic mass is 9.90. The third kappa shape index (κ3) is 5.09. The second-order valence-corrected chi connectivity index (χ2v) is 11.5. The number of ketones is 1. The van der Waals surface area contributed by atoms with Gasteiger partial charge in [0.1, 0.15) is 12.1 Å². The van der Waals surface area contributed by atoms with Crippen LogP contribution < -0.4 is 15.4 Å². The van der Waals surface area contributed by atoms with Gasteiger partial charge in [-0.2, -0.15) is 0 Å². The number of carbonyl (C=O) groups excluding carboxylic acids is 2. The van der Waals surface area contributed by atoms with Gasteiger partial charge in [-0.05, 0) is 63.4 Å². The van der Waals surface area contributed by atoms with E-state index in [2.05, 4.69) is 30.8 Å². The highest BCUT2D eigenvalue weighted by Gasteiger charge is 2.35. The van der Waals surface area contributed by atoms with Crippen LogP contribution in [0, 0.1) is 18.8 Å². The van der Waals surface area contributed by atoms with Crippen molar-refractivity contribution in [2.24, 2.45) is 11.8 Å². The molecule has 0 unspecified atom stereocenters. The van der Waals surface area contributed by atoms with Crippen molar-refractivity contribution in [3.05, 3.63) is 39.1 Å². The van der Waals surface area contributed by atoms with Gasteiger partial charge in [0.05, 0.1) is 24.6 Å². The van der Waals surface area contributed by atoms with Crippen LogP contribution in [-0.2, 0) is 24.1 Å². The molecular formula is C26H31N7O3S. The van der Waals surface area contributed by atoms with Crippen LogP contribution >= 0.6 is 11.3 Å². The number of aryl methyl sites for hydroxylation is 2. The molecule has 2 N–H and O–H groups in total. The molecule has 1 atom stereocenters. The fourth-order valence-electron chi connectivity index (χ4n) is 4.99. The summed E-state index contributed by atoms with van der Waals surface area (Å²) in [4.78, 5) is 37.1. The van der Waals surface area contributed by atoms with Crippen LogP contribution in [0.5, 0.6) is 5.88 Å². The lowest BCUT2D eigenvalue weighted by Crippen LogP contribution is -2.28. The number of hydrogen-bond donors (Lipinski definition) is 2. The zero-order chi connectivity index (χ0) is 25.5. The topological polar surface area (TPSA) is 124 Å². The molecule has 3 heterocycles. The summed E-state index contributed by atoms with van der Waals surface area (Å²) in [7, 11) is 1.56. The molecule has 3 aromatic rings. The Morgan fingerprint density at radius 2 is 2.05 bits per heavy atom. The first-order chi connectivity index (χ1) is 18.0. The number of rotatable bonds is 10. The van der Waals surface area contributed by atoms with Crippen molar-refractivity contribution in [2.75, 3.05) is 19.0 Å². The molecule has 2 saturated carbocycles. The van der Waals surface area contributed by atoms with Gasteiger partial charge in [0.2, 0.25) is 11.8 Å². The molecule has 3 aromatic heterocycles. The molecule has 3 aliphatic carbocycles. The second-order valence-electron chi connectivity index (χ2n) is 10.3. The molecule has 194 valence electrons. The number of Topliss-reactive ketones (excluding diaryl/α,β-unsaturated/α-hetero) is 1. The molecule has 0 bridgehead atoms. The van der Waals surface area contributed by atoms with Gasteiger partial charge in [-0.15, -0.1) is 21.5 Å². The van der Waals surface area contributed by atoms with Crippen LogP contribution in [0.15, 0.2) is 12.5 Å². The van der Waals surface area contributed by atoms with Crippen molar-refractivity contribution < 1.29 is 14.3 Å². The normalized spacial score (nSPS) is 18.8. The number of thiophene rings is 1. The Hall–Kier alpha value is -3.34. The third-order valence-electron chi connectivity index (χ3n) is 7.48. The molecule has 1 amide bonds. The van der Waals surface area contributed by atoms with E-state index in [1.807, 2.05) is 11.5 Å². The van der Waals surface area contributed by atoms with E-state index in [0.29, 0.717) is 48.6 Å². The van der Waals surface area contributed by atoms with E-state index in [0.717, 1.165) is 41.7 Å². The van der Waals surface area contributed by atoms with Gasteiger partial charge in [-0.1, -0.05) is 0 Å². The zero-order valence-corrected chi connectivity index (χ0v) is 21.9. The van der Waals surface area contributed by atoms with E-state index in [1.54, 1.807) is 31.0 Å². The van der Waals surface area contributed by atoms with Crippen LogP contribution in [0.4, 0.5) is 11.8 Å². The summed E-state index contributed by atoms with van der Waals surface area (Å²) in [5.41, 5.74) is 2.50. The number of nitrogens with one attached hydrogen (secondary N) is 2. The fourth-order valence-corrected chi connectivity index (χ4v) is 6.35. The number of hydrogen-bond acceptors (Lipinski definition) is 9. The van der Waals surface area contributed by atoms with Crippen LogP contribution in [0.3, 0.4) is 0 Å². The molecule has 0 saturated heterocycles. The molecule has 10 nitrogen and oxygen atoms in total. The Kier molecular flexibility index (Phi) is 6.39. The number of anilines is 2. The minimum absolute atomic E-state index is 0.0325. The maximum absolute atomic E-state index is 13.4. The van der Waals surface area contributed by atoms with E-state index in [4.69, 9.17) is 4.74 Å². The van der Waals surface area contributed by atoms with Crippen LogP contribution in [0.25, 0.3) is 0 Å². The first-order valence-electron chi connectivity index (χ1n) is 13.0. The minimum Gasteiger partial charge on any atom is -0.480 e. The molecule has 0 radical (unpaired) electrons. The Labute approximate surface area is 219 Å². The highest BCUT2D eigenvalue weighted by Crippen LogP contribution is 2.41. The standard InChI is InChI=1S/C26H31N7O3S/c1-14-24(27-12-22(30-14)36-2)31-26-32-29-13-33(26)17-7-8-20-18(9-17)23(25(35)28-11-15-3-4-15)21(37-20)10-19(34)16-5-6-16/h12-13,15-17H,3-11H2,1-2H3,(H,28,35)(H,27,31,32)/t17-/m0/s1. The Morgan fingerprint density at radius 3 is 2.78 bits per heavy atom. The Bertz CT molecular complexity index is 1340. The van der Waals surface area contributed by atoms with Crippen LogP contribution in [-0.4, -0.2) is 50.1 Å². The summed E-state index contributed by atoms with van der Waals surface area (Å²) >= 11 is 1.66. The molecule has 3 aliphatic rings. The highest BCUT2D eigenvalue weighted by atomic mass is 32.1. The molecule has 6 rings (SSSR count). The second kappa shape index (κ2) is 9.85. The van der Waals surface area contributed by atoms with Gasteiger partial charge < -0.3 is 15.4 Å². The van der Waals surface area contributed by atoms with Crippen molar-refractivity contribution >= 4 is 34.8 Å². The first kappa shape index (κ1) is 24.0. The Morgan fingerprint density at radius 1 is 1.22 bits per heavy atom. The van der Waals surface area contributed by atoms with E-state index in [1.165, 1.54) is 17.7 Å². The van der Waals surface area contributed by atoms with Crippen molar-refractivity contribution in [1.29, 1.82) is 0 Å². The van der Waals surface area contributed by atoms with Gasteiger partial charge in [-0.3, -0.25) is 14.2 Å². The summed E-state index contributed by atoms with van der Waals surface area (Å²) in [6.07, 6.45) is 10.4. The smallest absolute Gasteiger partial charge is 0.252 e. The summed E-state index contributed by atoms with van der Waals surface area (Å²) in [6, 6.07) is 0.0769. The number of amides is 1. The average molecular weight is 522 g/mol. The summed E-state index contributed by atoms with van der Waals surface area (Å²) in [5.74, 6) is 2.63. The van der Waals surface area contributed by atoms with Crippen molar-refractivity contribution in [2.45, 2.75) is 64.3 Å². The third-order valence-corrected chi connectivity index (χ3v) is 8.77. The first-order valence-corrected chi connectivity index (χ1v) is 13.8. The maximum Gasteiger partial charge on any atom is 0.252 e. The molecule has 0 aliphatic heterocycles. The van der Waals surface area contributed by atoms with Crippen molar-refractivity contribution in [1.82, 2.24) is 30.0 Å². The van der Waals surface area contributed by atoms with E-state index in [9.17, 15) is 9.59 Å². The number of aromatic nitrogens is 5. The molecule has 11 heteroatoms. The van der Waals surface area contributed by atoms with Gasteiger partial charge in [0.15, 0.2) is 5.82 Å². The largest absolute Gasteiger partial charge is 0.480 e. The number of ether oxygens (including phenoxy) is 1. The number of nitrogens with zero attached hydrogens (tertiary/aromatic N) is 5. The number of carbonyl (C=O) groups is 2. The Balaban J connectivity index is 1.26. The van der Waals surface area contributed by atoms with E-state index >= 15 is 0 Å². The molecule has 0 spiro atoms.